The molecule has 0 amide bonds. The molecule has 0 unspecified atom stereocenters. The molecule has 22 heavy (non-hydrogen) atoms. The van der Waals surface area contributed by atoms with Crippen LogP contribution in [-0.2, 0) is 7.05 Å². The van der Waals surface area contributed by atoms with Crippen LogP contribution in [0.15, 0.2) is 5.16 Å². The second-order valence-corrected chi connectivity index (χ2v) is 7.54. The van der Waals surface area contributed by atoms with Crippen molar-refractivity contribution < 1.29 is 8.78 Å². The van der Waals surface area contributed by atoms with Crippen molar-refractivity contribution in [3.05, 3.63) is 5.82 Å². The Hall–Kier alpha value is -0.690. The second kappa shape index (κ2) is 6.83. The van der Waals surface area contributed by atoms with Crippen molar-refractivity contribution in [1.82, 2.24) is 20.1 Å². The molecule has 1 aromatic heterocycles. The molecule has 1 saturated heterocycles. The number of nitrogens with zero attached hydrogens (tertiary/aromatic N) is 3. The van der Waals surface area contributed by atoms with Crippen LogP contribution in [0.5, 0.6) is 0 Å². The highest BCUT2D eigenvalue weighted by molar-refractivity contribution is 7.99. The van der Waals surface area contributed by atoms with E-state index in [0.717, 1.165) is 36.2 Å². The zero-order chi connectivity index (χ0) is 15.6. The van der Waals surface area contributed by atoms with Gasteiger partial charge in [-0.25, -0.2) is 8.78 Å². The van der Waals surface area contributed by atoms with Crippen molar-refractivity contribution in [2.45, 2.75) is 55.5 Å². The van der Waals surface area contributed by atoms with Crippen LogP contribution in [0.25, 0.3) is 0 Å². The van der Waals surface area contributed by atoms with Gasteiger partial charge in [0.2, 0.25) is 5.92 Å². The van der Waals surface area contributed by atoms with Gasteiger partial charge in [0.1, 0.15) is 5.82 Å². The Morgan fingerprint density at radius 1 is 1.27 bits per heavy atom. The molecule has 1 N–H and O–H groups in total. The minimum absolute atomic E-state index is 0.0377. The van der Waals surface area contributed by atoms with Gasteiger partial charge in [0.25, 0.3) is 0 Å². The first-order chi connectivity index (χ1) is 10.6. The first-order valence-corrected chi connectivity index (χ1v) is 9.14. The third-order valence-corrected chi connectivity index (χ3v) is 6.07. The quantitative estimate of drug-likeness (QED) is 0.861. The molecule has 1 aliphatic heterocycles. The summed E-state index contributed by atoms with van der Waals surface area (Å²) in [7, 11) is 2.02. The number of hydrogen-bond donors (Lipinski definition) is 1. The van der Waals surface area contributed by atoms with Crippen molar-refractivity contribution in [3.63, 3.8) is 0 Å². The van der Waals surface area contributed by atoms with Crippen LogP contribution < -0.4 is 5.32 Å². The summed E-state index contributed by atoms with van der Waals surface area (Å²) < 4.78 is 28.4. The number of rotatable bonds is 4. The SMILES string of the molecule is Cn1c(SCC2CCC(F)(F)CC2)nnc1[C@@H]1CCCNC1. The average Bonchev–Trinajstić information content (AvgIpc) is 2.88. The zero-order valence-electron chi connectivity index (χ0n) is 13.0. The van der Waals surface area contributed by atoms with E-state index < -0.39 is 5.92 Å². The normalized spacial score (nSPS) is 26.2. The third-order valence-electron chi connectivity index (χ3n) is 4.82. The maximum atomic E-state index is 13.2. The maximum Gasteiger partial charge on any atom is 0.248 e. The van der Waals surface area contributed by atoms with Gasteiger partial charge in [0, 0.05) is 38.1 Å². The van der Waals surface area contributed by atoms with Gasteiger partial charge >= 0.3 is 0 Å². The molecule has 2 heterocycles. The van der Waals surface area contributed by atoms with Crippen molar-refractivity contribution in [2.24, 2.45) is 13.0 Å². The van der Waals surface area contributed by atoms with E-state index >= 15 is 0 Å². The lowest BCUT2D eigenvalue weighted by molar-refractivity contribution is -0.0433. The molecule has 7 heteroatoms. The zero-order valence-corrected chi connectivity index (χ0v) is 13.8. The first kappa shape index (κ1) is 16.2. The number of thioether (sulfide) groups is 1. The summed E-state index contributed by atoms with van der Waals surface area (Å²) in [4.78, 5) is 0. The monoisotopic (exact) mass is 330 g/mol. The Labute approximate surface area is 134 Å². The van der Waals surface area contributed by atoms with Crippen LogP contribution in [0.2, 0.25) is 0 Å². The Kier molecular flexibility index (Phi) is 5.02. The van der Waals surface area contributed by atoms with Gasteiger partial charge in [-0.15, -0.1) is 10.2 Å². The predicted octanol–water partition coefficient (Wildman–Crippen LogP) is 3.20. The van der Waals surface area contributed by atoms with Crippen LogP contribution in [0.3, 0.4) is 0 Å². The summed E-state index contributed by atoms with van der Waals surface area (Å²) in [6.07, 6.45) is 3.65. The molecule has 1 aromatic rings. The van der Waals surface area contributed by atoms with Crippen LogP contribution >= 0.6 is 11.8 Å². The number of alkyl halides is 2. The molecule has 0 spiro atoms. The Balaban J connectivity index is 1.54. The fourth-order valence-corrected chi connectivity index (χ4v) is 4.44. The molecule has 2 aliphatic rings. The molecule has 0 bridgehead atoms. The standard InChI is InChI=1S/C15H24F2N4S/c1-21-13(12-3-2-8-18-9-12)19-20-14(21)22-10-11-4-6-15(16,17)7-5-11/h11-12,18H,2-10H2,1H3/t12-/m1/s1. The molecule has 3 rings (SSSR count). The van der Waals surface area contributed by atoms with E-state index in [2.05, 4.69) is 20.1 Å². The van der Waals surface area contributed by atoms with Gasteiger partial charge in [0.15, 0.2) is 5.16 Å². The second-order valence-electron chi connectivity index (χ2n) is 6.55. The predicted molar refractivity (Wildman–Crippen MR) is 83.5 cm³/mol. The van der Waals surface area contributed by atoms with Gasteiger partial charge in [-0.3, -0.25) is 0 Å². The Morgan fingerprint density at radius 2 is 2.05 bits per heavy atom. The molecule has 1 aliphatic carbocycles. The van der Waals surface area contributed by atoms with Crippen LogP contribution in [0.4, 0.5) is 8.78 Å². The third kappa shape index (κ3) is 3.79. The van der Waals surface area contributed by atoms with E-state index in [9.17, 15) is 8.78 Å². The summed E-state index contributed by atoms with van der Waals surface area (Å²) in [5, 5.41) is 13.0. The van der Waals surface area contributed by atoms with Crippen molar-refractivity contribution in [1.29, 1.82) is 0 Å². The summed E-state index contributed by atoms with van der Waals surface area (Å²) >= 11 is 1.66. The van der Waals surface area contributed by atoms with E-state index in [1.807, 2.05) is 7.05 Å². The van der Waals surface area contributed by atoms with E-state index in [1.54, 1.807) is 11.8 Å². The van der Waals surface area contributed by atoms with E-state index in [4.69, 9.17) is 0 Å². The van der Waals surface area contributed by atoms with Crippen molar-refractivity contribution >= 4 is 11.8 Å². The molecule has 0 aromatic carbocycles. The minimum atomic E-state index is -2.44. The maximum absolute atomic E-state index is 13.2. The fourth-order valence-electron chi connectivity index (χ4n) is 3.34. The lowest BCUT2D eigenvalue weighted by Gasteiger charge is -2.27. The van der Waals surface area contributed by atoms with E-state index in [1.165, 1.54) is 6.42 Å². The molecule has 2 fully saturated rings. The molecule has 1 saturated carbocycles. The highest BCUT2D eigenvalue weighted by Crippen LogP contribution is 2.38. The summed E-state index contributed by atoms with van der Waals surface area (Å²) in [5.74, 6) is 0.290. The van der Waals surface area contributed by atoms with E-state index in [-0.39, 0.29) is 12.8 Å². The largest absolute Gasteiger partial charge is 0.316 e. The van der Waals surface area contributed by atoms with Crippen LogP contribution in [0, 0.1) is 5.92 Å². The molecule has 124 valence electrons. The average molecular weight is 330 g/mol. The van der Waals surface area contributed by atoms with E-state index in [0.29, 0.717) is 24.7 Å². The summed E-state index contributed by atoms with van der Waals surface area (Å²) in [6, 6.07) is 0. The topological polar surface area (TPSA) is 42.7 Å². The minimum Gasteiger partial charge on any atom is -0.316 e. The molecular weight excluding hydrogens is 306 g/mol. The number of halogens is 2. The highest BCUT2D eigenvalue weighted by atomic mass is 32.2. The lowest BCUT2D eigenvalue weighted by atomic mass is 9.88. The first-order valence-electron chi connectivity index (χ1n) is 8.16. The summed E-state index contributed by atoms with van der Waals surface area (Å²) in [6.45, 7) is 2.05. The van der Waals surface area contributed by atoms with Gasteiger partial charge in [-0.2, -0.15) is 0 Å². The number of hydrogen-bond acceptors (Lipinski definition) is 4. The molecule has 0 radical (unpaired) electrons. The number of aromatic nitrogens is 3. The summed E-state index contributed by atoms with van der Waals surface area (Å²) in [5.41, 5.74) is 0. The van der Waals surface area contributed by atoms with Gasteiger partial charge < -0.3 is 9.88 Å². The Morgan fingerprint density at radius 3 is 2.73 bits per heavy atom. The molecule has 4 nitrogen and oxygen atoms in total. The Bertz CT molecular complexity index is 490. The van der Waals surface area contributed by atoms with Gasteiger partial charge in [-0.05, 0) is 38.1 Å². The van der Waals surface area contributed by atoms with Crippen LogP contribution in [0.1, 0.15) is 50.3 Å². The fraction of sp³-hybridized carbons (Fsp3) is 0.867. The highest BCUT2D eigenvalue weighted by Gasteiger charge is 2.35. The number of piperidine rings is 1. The lowest BCUT2D eigenvalue weighted by Crippen LogP contribution is -2.29. The molecular formula is C15H24F2N4S. The molecule has 1 atom stereocenters. The van der Waals surface area contributed by atoms with Crippen molar-refractivity contribution in [3.8, 4) is 0 Å². The van der Waals surface area contributed by atoms with Gasteiger partial charge in [0.05, 0.1) is 0 Å². The van der Waals surface area contributed by atoms with Crippen LogP contribution in [-0.4, -0.2) is 39.5 Å². The number of nitrogens with one attached hydrogen (secondary N) is 1. The van der Waals surface area contributed by atoms with Gasteiger partial charge in [-0.1, -0.05) is 11.8 Å². The smallest absolute Gasteiger partial charge is 0.248 e. The van der Waals surface area contributed by atoms with Crippen molar-refractivity contribution in [2.75, 3.05) is 18.8 Å².